The quantitative estimate of drug-likeness (QED) is 0.880. The van der Waals surface area contributed by atoms with Gasteiger partial charge in [-0.25, -0.2) is 17.5 Å². The van der Waals surface area contributed by atoms with E-state index in [1.54, 1.807) is 31.3 Å². The molecule has 0 saturated heterocycles. The standard InChI is InChI=1S/C14H16FN3O2S/c1-10(13-6-2-3-8-17-13)18-21(19,20)14-7-4-5-12(15)11(14)9-16/h2-8,10,18H,9,16H2,1H3. The second kappa shape index (κ2) is 6.30. The van der Waals surface area contributed by atoms with E-state index >= 15 is 0 Å². The van der Waals surface area contributed by atoms with E-state index in [1.165, 1.54) is 18.2 Å². The maximum Gasteiger partial charge on any atom is 0.241 e. The van der Waals surface area contributed by atoms with E-state index in [4.69, 9.17) is 5.73 Å². The Morgan fingerprint density at radius 2 is 2.05 bits per heavy atom. The fourth-order valence-corrected chi connectivity index (χ4v) is 3.45. The Hall–Kier alpha value is -1.83. The number of sulfonamides is 1. The van der Waals surface area contributed by atoms with Crippen LogP contribution >= 0.6 is 0 Å². The highest BCUT2D eigenvalue weighted by atomic mass is 32.2. The summed E-state index contributed by atoms with van der Waals surface area (Å²) in [5.74, 6) is -0.633. The van der Waals surface area contributed by atoms with Gasteiger partial charge in [0.05, 0.1) is 16.6 Å². The molecule has 3 N–H and O–H groups in total. The summed E-state index contributed by atoms with van der Waals surface area (Å²) in [5.41, 5.74) is 5.99. The lowest BCUT2D eigenvalue weighted by atomic mass is 10.2. The highest BCUT2D eigenvalue weighted by Crippen LogP contribution is 2.20. The summed E-state index contributed by atoms with van der Waals surface area (Å²) in [7, 11) is -3.88. The molecule has 2 rings (SSSR count). The second-order valence-corrected chi connectivity index (χ2v) is 6.20. The Kier molecular flexibility index (Phi) is 4.66. The number of hydrogen-bond acceptors (Lipinski definition) is 4. The Bertz CT molecular complexity index is 720. The topological polar surface area (TPSA) is 85.1 Å². The lowest BCUT2D eigenvalue weighted by Gasteiger charge is -2.15. The van der Waals surface area contributed by atoms with Crippen LogP contribution in [0.15, 0.2) is 47.5 Å². The van der Waals surface area contributed by atoms with Crippen molar-refractivity contribution in [2.45, 2.75) is 24.4 Å². The van der Waals surface area contributed by atoms with Gasteiger partial charge in [0.2, 0.25) is 10.0 Å². The Labute approximate surface area is 123 Å². The molecule has 2 aromatic rings. The average molecular weight is 309 g/mol. The SMILES string of the molecule is CC(NS(=O)(=O)c1cccc(F)c1CN)c1ccccn1. The number of aromatic nitrogens is 1. The number of halogens is 1. The first kappa shape index (κ1) is 15.6. The molecule has 1 heterocycles. The van der Waals surface area contributed by atoms with Gasteiger partial charge in [-0.1, -0.05) is 12.1 Å². The molecule has 112 valence electrons. The maximum atomic E-state index is 13.7. The van der Waals surface area contributed by atoms with Gasteiger partial charge in [-0.2, -0.15) is 0 Å². The molecule has 0 bridgehead atoms. The fraction of sp³-hybridized carbons (Fsp3) is 0.214. The third-order valence-electron chi connectivity index (χ3n) is 3.03. The summed E-state index contributed by atoms with van der Waals surface area (Å²) in [6.45, 7) is 1.47. The van der Waals surface area contributed by atoms with E-state index in [-0.39, 0.29) is 17.0 Å². The van der Waals surface area contributed by atoms with Crippen molar-refractivity contribution in [2.75, 3.05) is 0 Å². The molecule has 0 aliphatic carbocycles. The number of nitrogens with one attached hydrogen (secondary N) is 1. The van der Waals surface area contributed by atoms with Crippen LogP contribution in [-0.2, 0) is 16.6 Å². The minimum Gasteiger partial charge on any atom is -0.326 e. The summed E-state index contributed by atoms with van der Waals surface area (Å²) in [4.78, 5) is 3.95. The number of benzene rings is 1. The molecule has 1 atom stereocenters. The van der Waals surface area contributed by atoms with Crippen LogP contribution in [0, 0.1) is 5.82 Å². The molecule has 0 radical (unpaired) electrons. The van der Waals surface area contributed by atoms with Crippen molar-refractivity contribution in [1.29, 1.82) is 0 Å². The van der Waals surface area contributed by atoms with Gasteiger partial charge in [0.25, 0.3) is 0 Å². The Morgan fingerprint density at radius 3 is 2.67 bits per heavy atom. The average Bonchev–Trinajstić information content (AvgIpc) is 2.47. The van der Waals surface area contributed by atoms with E-state index in [9.17, 15) is 12.8 Å². The van der Waals surface area contributed by atoms with Gasteiger partial charge >= 0.3 is 0 Å². The molecular formula is C14H16FN3O2S. The molecule has 0 amide bonds. The summed E-state index contributed by atoms with van der Waals surface area (Å²) in [5, 5.41) is 0. The van der Waals surface area contributed by atoms with E-state index in [2.05, 4.69) is 9.71 Å². The van der Waals surface area contributed by atoms with Crippen LogP contribution in [0.5, 0.6) is 0 Å². The lowest BCUT2D eigenvalue weighted by molar-refractivity contribution is 0.557. The minimum absolute atomic E-state index is 0.0294. The summed E-state index contributed by atoms with van der Waals surface area (Å²) < 4.78 is 40.9. The maximum absolute atomic E-state index is 13.7. The Balaban J connectivity index is 2.33. The molecular weight excluding hydrogens is 293 g/mol. The zero-order valence-electron chi connectivity index (χ0n) is 11.5. The van der Waals surface area contributed by atoms with Gasteiger partial charge in [0.1, 0.15) is 5.82 Å². The van der Waals surface area contributed by atoms with Crippen molar-refractivity contribution in [3.05, 3.63) is 59.7 Å². The molecule has 0 spiro atoms. The largest absolute Gasteiger partial charge is 0.326 e. The van der Waals surface area contributed by atoms with Crippen LogP contribution in [0.1, 0.15) is 24.2 Å². The number of pyridine rings is 1. The molecule has 0 aliphatic heterocycles. The molecule has 7 heteroatoms. The number of nitrogens with zero attached hydrogens (tertiary/aromatic N) is 1. The van der Waals surface area contributed by atoms with Gasteiger partial charge in [-0.3, -0.25) is 4.98 Å². The lowest BCUT2D eigenvalue weighted by Crippen LogP contribution is -2.28. The number of nitrogens with two attached hydrogens (primary N) is 1. The van der Waals surface area contributed by atoms with Gasteiger partial charge in [0, 0.05) is 18.3 Å². The summed E-state index contributed by atoms with van der Waals surface area (Å²) >= 11 is 0. The smallest absolute Gasteiger partial charge is 0.241 e. The van der Waals surface area contributed by atoms with E-state index in [0.29, 0.717) is 5.69 Å². The third kappa shape index (κ3) is 3.44. The molecule has 0 saturated carbocycles. The highest BCUT2D eigenvalue weighted by molar-refractivity contribution is 7.89. The minimum atomic E-state index is -3.88. The molecule has 21 heavy (non-hydrogen) atoms. The van der Waals surface area contributed by atoms with Crippen LogP contribution in [0.25, 0.3) is 0 Å². The van der Waals surface area contributed by atoms with Crippen LogP contribution in [0.4, 0.5) is 4.39 Å². The van der Waals surface area contributed by atoms with Gasteiger partial charge in [-0.15, -0.1) is 0 Å². The van der Waals surface area contributed by atoms with Crippen LogP contribution in [0.2, 0.25) is 0 Å². The number of rotatable bonds is 5. The van der Waals surface area contributed by atoms with Crippen LogP contribution in [-0.4, -0.2) is 13.4 Å². The normalized spacial score (nSPS) is 13.1. The predicted octanol–water partition coefficient (Wildman–Crippen LogP) is 1.72. The number of hydrogen-bond donors (Lipinski definition) is 2. The van der Waals surface area contributed by atoms with Crippen LogP contribution in [0.3, 0.4) is 0 Å². The van der Waals surface area contributed by atoms with Crippen molar-refractivity contribution in [1.82, 2.24) is 9.71 Å². The van der Waals surface area contributed by atoms with Crippen molar-refractivity contribution in [3.63, 3.8) is 0 Å². The molecule has 0 aliphatic rings. The summed E-state index contributed by atoms with van der Waals surface area (Å²) in [6.07, 6.45) is 1.58. The molecule has 1 aromatic heterocycles. The van der Waals surface area contributed by atoms with E-state index in [0.717, 1.165) is 0 Å². The van der Waals surface area contributed by atoms with Crippen LogP contribution < -0.4 is 10.5 Å². The first-order valence-corrected chi connectivity index (χ1v) is 7.84. The van der Waals surface area contributed by atoms with Gasteiger partial charge < -0.3 is 5.73 Å². The van der Waals surface area contributed by atoms with E-state index < -0.39 is 21.9 Å². The van der Waals surface area contributed by atoms with Crippen molar-refractivity contribution < 1.29 is 12.8 Å². The first-order valence-electron chi connectivity index (χ1n) is 6.36. The molecule has 1 unspecified atom stereocenters. The molecule has 5 nitrogen and oxygen atoms in total. The van der Waals surface area contributed by atoms with Crippen molar-refractivity contribution in [2.24, 2.45) is 5.73 Å². The van der Waals surface area contributed by atoms with Gasteiger partial charge in [0.15, 0.2) is 0 Å². The summed E-state index contributed by atoms with van der Waals surface area (Å²) in [6, 6.07) is 8.54. The highest BCUT2D eigenvalue weighted by Gasteiger charge is 2.23. The van der Waals surface area contributed by atoms with Crippen molar-refractivity contribution >= 4 is 10.0 Å². The van der Waals surface area contributed by atoms with Gasteiger partial charge in [-0.05, 0) is 31.2 Å². The van der Waals surface area contributed by atoms with Crippen molar-refractivity contribution in [3.8, 4) is 0 Å². The second-order valence-electron chi connectivity index (χ2n) is 4.52. The first-order chi connectivity index (χ1) is 9.95. The van der Waals surface area contributed by atoms with E-state index in [1.807, 2.05) is 0 Å². The fourth-order valence-electron chi connectivity index (χ4n) is 1.98. The molecule has 0 fully saturated rings. The zero-order valence-corrected chi connectivity index (χ0v) is 12.3. The predicted molar refractivity (Wildman–Crippen MR) is 77.3 cm³/mol. The monoisotopic (exact) mass is 309 g/mol. The Morgan fingerprint density at radius 1 is 1.29 bits per heavy atom. The third-order valence-corrected chi connectivity index (χ3v) is 4.66. The molecule has 1 aromatic carbocycles. The zero-order chi connectivity index (χ0) is 15.5.